The Morgan fingerprint density at radius 3 is 2.57 bits per heavy atom. The van der Waals surface area contributed by atoms with Crippen molar-refractivity contribution in [3.05, 3.63) is 41.3 Å². The molecule has 3 heterocycles. The summed E-state index contributed by atoms with van der Waals surface area (Å²) in [5.74, 6) is 6.22. The maximum absolute atomic E-state index is 6.35. The van der Waals surface area contributed by atoms with Crippen LogP contribution in [-0.4, -0.2) is 30.5 Å². The second-order valence-electron chi connectivity index (χ2n) is 10.3. The molecule has 0 aliphatic heterocycles. The number of imidazole rings is 1. The number of aromatic nitrogens is 5. The first-order valence-corrected chi connectivity index (χ1v) is 13.1. The van der Waals surface area contributed by atoms with Crippen LogP contribution < -0.4 is 5.32 Å². The molecule has 2 aliphatic rings. The van der Waals surface area contributed by atoms with Crippen LogP contribution in [0.2, 0.25) is 5.28 Å². The van der Waals surface area contributed by atoms with Gasteiger partial charge in [-0.1, -0.05) is 38.3 Å². The van der Waals surface area contributed by atoms with E-state index in [0.29, 0.717) is 35.0 Å². The fourth-order valence-electron chi connectivity index (χ4n) is 4.87. The van der Waals surface area contributed by atoms with E-state index in [-0.39, 0.29) is 11.3 Å². The van der Waals surface area contributed by atoms with Gasteiger partial charge in [0.2, 0.25) is 5.28 Å². The van der Waals surface area contributed by atoms with Crippen molar-refractivity contribution in [2.75, 3.05) is 5.32 Å². The van der Waals surface area contributed by atoms with Crippen LogP contribution in [-0.2, 0) is 0 Å². The van der Waals surface area contributed by atoms with Crippen molar-refractivity contribution in [3.8, 4) is 23.5 Å². The summed E-state index contributed by atoms with van der Waals surface area (Å²) in [6.07, 6.45) is 9.76. The van der Waals surface area contributed by atoms with Gasteiger partial charge in [0.25, 0.3) is 0 Å². The fourth-order valence-corrected chi connectivity index (χ4v) is 5.03. The first kappa shape index (κ1) is 23.8. The molecule has 1 N–H and O–H groups in total. The Hall–Kier alpha value is -2.91. The van der Waals surface area contributed by atoms with Crippen LogP contribution >= 0.6 is 11.6 Å². The molecule has 0 saturated heterocycles. The van der Waals surface area contributed by atoms with Crippen LogP contribution in [0.25, 0.3) is 22.7 Å². The summed E-state index contributed by atoms with van der Waals surface area (Å²) in [5, 5.41) is 3.79. The van der Waals surface area contributed by atoms with E-state index in [2.05, 4.69) is 65.7 Å². The van der Waals surface area contributed by atoms with Crippen LogP contribution in [0.5, 0.6) is 0 Å². The highest BCUT2D eigenvalue weighted by atomic mass is 35.5. The minimum atomic E-state index is 0.180. The number of halogens is 1. The zero-order valence-electron chi connectivity index (χ0n) is 20.8. The molecule has 2 aliphatic carbocycles. The molecule has 6 nitrogen and oxygen atoms in total. The third-order valence-electron chi connectivity index (χ3n) is 7.46. The summed E-state index contributed by atoms with van der Waals surface area (Å²) in [4.78, 5) is 18.6. The van der Waals surface area contributed by atoms with Gasteiger partial charge in [0, 0.05) is 24.2 Å². The number of nitrogens with one attached hydrogen (secondary N) is 1. The Kier molecular flexibility index (Phi) is 6.80. The topological polar surface area (TPSA) is 68.5 Å². The first-order valence-electron chi connectivity index (χ1n) is 12.8. The SMILES string of the molecule is C=C1CCC(C#Cn2c(-c3cc(C(C)C)ccn3)nc3nc(Cl)nc(N[C@H](C)C4CCC4)c32)CC1. The Bertz CT molecular complexity index is 1300. The third-order valence-corrected chi connectivity index (χ3v) is 7.63. The second kappa shape index (κ2) is 9.99. The van der Waals surface area contributed by atoms with Crippen molar-refractivity contribution in [1.29, 1.82) is 0 Å². The van der Waals surface area contributed by atoms with Gasteiger partial charge in [-0.3, -0.25) is 4.98 Å². The Morgan fingerprint density at radius 2 is 1.89 bits per heavy atom. The van der Waals surface area contributed by atoms with Crippen LogP contribution in [0.15, 0.2) is 30.5 Å². The van der Waals surface area contributed by atoms with Crippen molar-refractivity contribution in [2.45, 2.75) is 77.7 Å². The van der Waals surface area contributed by atoms with Crippen molar-refractivity contribution in [1.82, 2.24) is 24.5 Å². The van der Waals surface area contributed by atoms with Gasteiger partial charge in [0.15, 0.2) is 17.3 Å². The molecule has 0 amide bonds. The number of rotatable bonds is 5. The van der Waals surface area contributed by atoms with Crippen LogP contribution in [0.4, 0.5) is 5.82 Å². The number of allylic oxidation sites excluding steroid dienone is 1. The van der Waals surface area contributed by atoms with Crippen LogP contribution in [0.1, 0.15) is 77.2 Å². The largest absolute Gasteiger partial charge is 0.365 e. The van der Waals surface area contributed by atoms with Gasteiger partial charge in [-0.05, 0) is 86.6 Å². The number of anilines is 1. The number of hydrogen-bond acceptors (Lipinski definition) is 5. The van der Waals surface area contributed by atoms with E-state index >= 15 is 0 Å². The molecule has 2 fully saturated rings. The highest BCUT2D eigenvalue weighted by molar-refractivity contribution is 6.28. The van der Waals surface area contributed by atoms with Gasteiger partial charge >= 0.3 is 0 Å². The van der Waals surface area contributed by atoms with Gasteiger partial charge in [0.1, 0.15) is 11.2 Å². The molecule has 0 radical (unpaired) electrons. The van der Waals surface area contributed by atoms with Gasteiger partial charge in [-0.25, -0.2) is 9.55 Å². The van der Waals surface area contributed by atoms with E-state index in [1.54, 1.807) is 0 Å². The van der Waals surface area contributed by atoms with Crippen LogP contribution in [0.3, 0.4) is 0 Å². The lowest BCUT2D eigenvalue weighted by molar-refractivity contribution is 0.285. The zero-order chi connectivity index (χ0) is 24.5. The van der Waals surface area contributed by atoms with Crippen molar-refractivity contribution < 1.29 is 0 Å². The fraction of sp³-hybridized carbons (Fsp3) is 0.500. The van der Waals surface area contributed by atoms with Gasteiger partial charge in [-0.2, -0.15) is 9.97 Å². The number of pyridine rings is 1. The van der Waals surface area contributed by atoms with Gasteiger partial charge in [0.05, 0.1) is 0 Å². The molecule has 3 aromatic rings. The molecule has 7 heteroatoms. The molecule has 0 spiro atoms. The lowest BCUT2D eigenvalue weighted by atomic mass is 9.80. The van der Waals surface area contributed by atoms with E-state index in [1.807, 2.05) is 16.8 Å². The summed E-state index contributed by atoms with van der Waals surface area (Å²) in [6, 6.07) is 7.85. The van der Waals surface area contributed by atoms with Crippen molar-refractivity contribution in [2.24, 2.45) is 11.8 Å². The van der Waals surface area contributed by atoms with E-state index in [0.717, 1.165) is 36.9 Å². The number of hydrogen-bond donors (Lipinski definition) is 1. The molecule has 182 valence electrons. The standard InChI is InChI=1S/C28H33ClN6/c1-17(2)22-12-14-30-23(16-22)27-32-26-24(35(27)15-13-20-10-8-18(3)9-11-20)25(33-28(29)34-26)31-19(4)21-6-5-7-21/h12,14,16-17,19-21H,3,5-11H2,1-2,4H3,(H,31,33,34)/t19-/m1/s1. The number of fused-ring (bicyclic) bond motifs is 1. The predicted molar refractivity (Wildman–Crippen MR) is 142 cm³/mol. The zero-order valence-corrected chi connectivity index (χ0v) is 21.6. The Labute approximate surface area is 212 Å². The second-order valence-corrected chi connectivity index (χ2v) is 10.7. The maximum atomic E-state index is 6.35. The Morgan fingerprint density at radius 1 is 1.11 bits per heavy atom. The average Bonchev–Trinajstić information content (AvgIpc) is 3.16. The molecule has 1 atom stereocenters. The van der Waals surface area contributed by atoms with E-state index in [1.165, 1.54) is 30.4 Å². The molecule has 3 aromatic heterocycles. The summed E-state index contributed by atoms with van der Waals surface area (Å²) < 4.78 is 1.93. The molecular weight excluding hydrogens is 456 g/mol. The van der Waals surface area contributed by atoms with Gasteiger partial charge < -0.3 is 5.32 Å². The smallest absolute Gasteiger partial charge is 0.226 e. The minimum absolute atomic E-state index is 0.180. The molecule has 2 saturated carbocycles. The minimum Gasteiger partial charge on any atom is -0.365 e. The monoisotopic (exact) mass is 488 g/mol. The number of nitrogens with zero attached hydrogens (tertiary/aromatic N) is 5. The van der Waals surface area contributed by atoms with E-state index < -0.39 is 0 Å². The molecule has 0 bridgehead atoms. The van der Waals surface area contributed by atoms with E-state index in [9.17, 15) is 0 Å². The normalized spacial score (nSPS) is 17.8. The van der Waals surface area contributed by atoms with Crippen LogP contribution in [0, 0.1) is 23.8 Å². The molecule has 0 unspecified atom stereocenters. The molecule has 35 heavy (non-hydrogen) atoms. The van der Waals surface area contributed by atoms with Gasteiger partial charge in [-0.15, -0.1) is 0 Å². The summed E-state index contributed by atoms with van der Waals surface area (Å²) in [5.41, 5.74) is 4.60. The lowest BCUT2D eigenvalue weighted by Gasteiger charge is -2.32. The Balaban J connectivity index is 1.64. The molecule has 5 rings (SSSR count). The predicted octanol–water partition coefficient (Wildman–Crippen LogP) is 6.82. The van der Waals surface area contributed by atoms with Crippen molar-refractivity contribution in [3.63, 3.8) is 0 Å². The third kappa shape index (κ3) is 5.06. The summed E-state index contributed by atoms with van der Waals surface area (Å²) in [7, 11) is 0. The van der Waals surface area contributed by atoms with E-state index in [4.69, 9.17) is 16.6 Å². The first-order chi connectivity index (χ1) is 16.9. The maximum Gasteiger partial charge on any atom is 0.226 e. The lowest BCUT2D eigenvalue weighted by Crippen LogP contribution is -2.31. The van der Waals surface area contributed by atoms with Crippen molar-refractivity contribution >= 4 is 28.6 Å². The quantitative estimate of drug-likeness (QED) is 0.242. The highest BCUT2D eigenvalue weighted by Crippen LogP contribution is 2.34. The average molecular weight is 489 g/mol. The molecule has 0 aromatic carbocycles. The summed E-state index contributed by atoms with van der Waals surface area (Å²) in [6.45, 7) is 10.7. The summed E-state index contributed by atoms with van der Waals surface area (Å²) >= 11 is 6.35. The highest BCUT2D eigenvalue weighted by Gasteiger charge is 2.26. The molecular formula is C28H33ClN6.